The smallest absolute Gasteiger partial charge is 0.354 e. The van der Waals surface area contributed by atoms with E-state index in [-0.39, 0.29) is 36.2 Å². The maximum Gasteiger partial charge on any atom is 0.677 e. The van der Waals surface area contributed by atoms with Crippen molar-refractivity contribution in [1.82, 2.24) is 15.1 Å². The Balaban J connectivity index is 1.77. The van der Waals surface area contributed by atoms with E-state index < -0.39 is 28.2 Å². The molecule has 0 saturated carbocycles. The number of halogens is 2. The fourth-order valence-corrected chi connectivity index (χ4v) is 4.10. The Morgan fingerprint density at radius 3 is 2.50 bits per heavy atom. The summed E-state index contributed by atoms with van der Waals surface area (Å²) in [5.41, 5.74) is 2.73. The molecule has 2 amide bonds. The first-order valence-electron chi connectivity index (χ1n) is 9.55. The normalized spacial score (nSPS) is 14.5. The Hall–Kier alpha value is -2.45. The van der Waals surface area contributed by atoms with Crippen LogP contribution >= 0.6 is 10.8 Å². The zero-order chi connectivity index (χ0) is 23.9. The van der Waals surface area contributed by atoms with E-state index >= 15 is 0 Å². The van der Waals surface area contributed by atoms with E-state index in [1.807, 2.05) is 0 Å². The van der Waals surface area contributed by atoms with Gasteiger partial charge >= 0.3 is 16.6 Å². The number of aryl methyl sites for hydroxylation is 2. The number of hydrogen-bond acceptors (Lipinski definition) is 6. The van der Waals surface area contributed by atoms with Gasteiger partial charge in [0.05, 0.1) is 11.4 Å². The van der Waals surface area contributed by atoms with Crippen molar-refractivity contribution in [2.75, 3.05) is 18.8 Å². The van der Waals surface area contributed by atoms with Crippen LogP contribution in [-0.4, -0.2) is 61.2 Å². The highest BCUT2D eigenvalue weighted by molar-refractivity contribution is 8.70. The van der Waals surface area contributed by atoms with Crippen LogP contribution in [0.15, 0.2) is 28.9 Å². The first-order valence-corrected chi connectivity index (χ1v) is 12.5. The SMILES string of the molecule is Cc1cc(C)n(B(F)F)c1/C=C1/C=CC(CCC(=O)NCCNC(=O)CSS(=O)(=O)O)=N1. The zero-order valence-electron chi connectivity index (χ0n) is 17.5. The number of aromatic nitrogens is 1. The predicted molar refractivity (Wildman–Crippen MR) is 121 cm³/mol. The van der Waals surface area contributed by atoms with E-state index in [0.717, 1.165) is 10.0 Å². The summed E-state index contributed by atoms with van der Waals surface area (Å²) >= 11 is 0. The van der Waals surface area contributed by atoms with Crippen LogP contribution in [-0.2, 0) is 18.7 Å². The van der Waals surface area contributed by atoms with Crippen molar-refractivity contribution in [3.63, 3.8) is 0 Å². The van der Waals surface area contributed by atoms with Gasteiger partial charge in [-0.1, -0.05) is 0 Å². The minimum absolute atomic E-state index is 0.0985. The molecule has 1 aromatic rings. The molecule has 0 aromatic carbocycles. The number of aliphatic imine (C=N–C) groups is 1. The molecule has 0 aliphatic carbocycles. The highest BCUT2D eigenvalue weighted by Crippen LogP contribution is 2.22. The molecular formula is C18H23BF2N4O5S2. The average molecular weight is 488 g/mol. The molecule has 1 aliphatic rings. The lowest BCUT2D eigenvalue weighted by Crippen LogP contribution is -2.35. The van der Waals surface area contributed by atoms with Crippen LogP contribution in [0.3, 0.4) is 0 Å². The van der Waals surface area contributed by atoms with Crippen LogP contribution in [0.25, 0.3) is 6.08 Å². The van der Waals surface area contributed by atoms with Crippen molar-refractivity contribution in [3.05, 3.63) is 40.9 Å². The summed E-state index contributed by atoms with van der Waals surface area (Å²) in [6.07, 6.45) is 5.51. The summed E-state index contributed by atoms with van der Waals surface area (Å²) in [5.74, 6) is -1.30. The minimum Gasteiger partial charge on any atom is -0.354 e. The van der Waals surface area contributed by atoms with Crippen molar-refractivity contribution in [3.8, 4) is 0 Å². The Morgan fingerprint density at radius 1 is 1.22 bits per heavy atom. The minimum atomic E-state index is -4.28. The third-order valence-electron chi connectivity index (χ3n) is 4.38. The van der Waals surface area contributed by atoms with Crippen LogP contribution in [0, 0.1) is 13.8 Å². The van der Waals surface area contributed by atoms with Crippen LogP contribution in [0.5, 0.6) is 0 Å². The lowest BCUT2D eigenvalue weighted by atomic mass is 10.1. The second-order valence-electron chi connectivity index (χ2n) is 6.90. The van der Waals surface area contributed by atoms with Crippen LogP contribution < -0.4 is 10.6 Å². The Bertz CT molecular complexity index is 1070. The standard InChI is InChI=1S/C18H23BF2N4O5S2/c1-12-9-13(2)25(19(20)21)16(12)10-15-4-3-14(24-15)5-6-17(26)22-7-8-23-18(27)11-31-32(28,29)30/h3-4,9-10H,5-8,11H2,1-2H3,(H,22,26)(H,23,27)(H,28,29,30)/b15-10-. The average Bonchev–Trinajstić information content (AvgIpc) is 3.25. The van der Waals surface area contributed by atoms with Gasteiger partial charge in [-0.15, -0.1) is 0 Å². The molecule has 32 heavy (non-hydrogen) atoms. The summed E-state index contributed by atoms with van der Waals surface area (Å²) < 4.78 is 57.2. The highest BCUT2D eigenvalue weighted by Gasteiger charge is 2.23. The Morgan fingerprint density at radius 2 is 1.88 bits per heavy atom. The second-order valence-corrected chi connectivity index (χ2v) is 10.2. The molecule has 0 saturated heterocycles. The van der Waals surface area contributed by atoms with Crippen molar-refractivity contribution in [2.45, 2.75) is 26.7 Å². The summed E-state index contributed by atoms with van der Waals surface area (Å²) in [6.45, 7) is 3.62. The summed E-state index contributed by atoms with van der Waals surface area (Å²) in [7, 11) is -6.83. The van der Waals surface area contributed by atoms with Gasteiger partial charge < -0.3 is 15.1 Å². The topological polar surface area (TPSA) is 130 Å². The third kappa shape index (κ3) is 8.24. The van der Waals surface area contributed by atoms with Gasteiger partial charge in [0.25, 0.3) is 0 Å². The molecule has 2 heterocycles. The molecule has 0 unspecified atom stereocenters. The van der Waals surface area contributed by atoms with E-state index in [1.54, 1.807) is 38.1 Å². The van der Waals surface area contributed by atoms with Crippen LogP contribution in [0.1, 0.15) is 29.8 Å². The van der Waals surface area contributed by atoms with Crippen LogP contribution in [0.2, 0.25) is 0 Å². The van der Waals surface area contributed by atoms with Crippen molar-refractivity contribution >= 4 is 50.9 Å². The zero-order valence-corrected chi connectivity index (χ0v) is 19.1. The quantitative estimate of drug-likeness (QED) is 0.189. The van der Waals surface area contributed by atoms with E-state index in [1.165, 1.54) is 0 Å². The Labute approximate surface area is 188 Å². The number of allylic oxidation sites excluding steroid dienone is 2. The van der Waals surface area contributed by atoms with Crippen molar-refractivity contribution < 1.29 is 31.2 Å². The first-order chi connectivity index (χ1) is 15.0. The molecule has 0 radical (unpaired) electrons. The van der Waals surface area contributed by atoms with E-state index in [4.69, 9.17) is 4.55 Å². The molecule has 9 nitrogen and oxygen atoms in total. The van der Waals surface area contributed by atoms with Gasteiger partial charge in [0.1, 0.15) is 0 Å². The molecule has 0 bridgehead atoms. The number of carbonyl (C=O) groups is 2. The highest BCUT2D eigenvalue weighted by atomic mass is 33.1. The van der Waals surface area contributed by atoms with Gasteiger partial charge in [-0.25, -0.2) is 0 Å². The van der Waals surface area contributed by atoms with Crippen molar-refractivity contribution in [2.24, 2.45) is 4.99 Å². The molecule has 0 atom stereocenters. The van der Waals surface area contributed by atoms with E-state index in [0.29, 0.717) is 29.2 Å². The molecule has 1 aromatic heterocycles. The lowest BCUT2D eigenvalue weighted by Gasteiger charge is -2.06. The second kappa shape index (κ2) is 11.4. The van der Waals surface area contributed by atoms with Gasteiger partial charge in [-0.2, -0.15) is 8.42 Å². The molecule has 14 heteroatoms. The van der Waals surface area contributed by atoms with E-state index in [2.05, 4.69) is 15.6 Å². The van der Waals surface area contributed by atoms with Gasteiger partial charge in [0.2, 0.25) is 11.8 Å². The fraction of sp³-hybridized carbons (Fsp3) is 0.389. The monoisotopic (exact) mass is 488 g/mol. The maximum atomic E-state index is 13.3. The Kier molecular flexibility index (Phi) is 9.22. The molecule has 1 aliphatic heterocycles. The number of rotatable bonds is 11. The fourth-order valence-electron chi connectivity index (χ4n) is 2.97. The molecule has 0 spiro atoms. The number of carbonyl (C=O) groups excluding carboxylic acids is 2. The number of nitrogens with zero attached hydrogens (tertiary/aromatic N) is 2. The molecule has 2 rings (SSSR count). The summed E-state index contributed by atoms with van der Waals surface area (Å²) in [4.78, 5) is 27.7. The molecular weight excluding hydrogens is 465 g/mol. The van der Waals surface area contributed by atoms with Gasteiger partial charge in [-0.05, 0) is 50.1 Å². The van der Waals surface area contributed by atoms with Gasteiger partial charge in [-0.3, -0.25) is 27.8 Å². The maximum absolute atomic E-state index is 13.3. The molecule has 174 valence electrons. The number of nitrogens with one attached hydrogen (secondary N) is 2. The van der Waals surface area contributed by atoms with Gasteiger partial charge in [0, 0.05) is 47.4 Å². The number of amides is 2. The first kappa shape index (κ1) is 25.8. The van der Waals surface area contributed by atoms with Crippen LogP contribution in [0.4, 0.5) is 8.63 Å². The predicted octanol–water partition coefficient (Wildman–Crippen LogP) is 1.78. The number of hydrogen-bond donors (Lipinski definition) is 3. The van der Waals surface area contributed by atoms with Crippen molar-refractivity contribution in [1.29, 1.82) is 0 Å². The molecule has 0 fully saturated rings. The summed E-state index contributed by atoms with van der Waals surface area (Å²) in [6, 6.07) is 1.68. The third-order valence-corrected chi connectivity index (χ3v) is 6.31. The van der Waals surface area contributed by atoms with E-state index in [9.17, 15) is 26.6 Å². The van der Waals surface area contributed by atoms with Gasteiger partial charge in [0.15, 0.2) is 0 Å². The largest absolute Gasteiger partial charge is 0.677 e. The lowest BCUT2D eigenvalue weighted by molar-refractivity contribution is -0.121. The summed E-state index contributed by atoms with van der Waals surface area (Å²) in [5, 5.41) is 5.01. The molecule has 3 N–H and O–H groups in total.